The zero-order valence-electron chi connectivity index (χ0n) is 42.1. The molecule has 6 heteroatoms. The van der Waals surface area contributed by atoms with Crippen LogP contribution in [-0.4, -0.2) is 37.2 Å². The molecule has 0 aliphatic rings. The van der Waals surface area contributed by atoms with Crippen LogP contribution >= 0.6 is 0 Å². The standard InChI is InChI=1S/C57H104O6/c1-4-7-10-13-16-19-22-24-26-28-30-31-33-35-38-41-44-47-50-56(59)62-53-54(52-61-55(58)49-46-43-40-37-21-18-15-12-9-6-3)63-57(60)51-48-45-42-39-36-34-32-29-27-25-23-20-17-14-11-8-5-2/h25-28,30-31,54H,4-24,29,32-53H2,1-3H3/b27-25-,28-26-,31-30-. The Hall–Kier alpha value is -2.37. The van der Waals surface area contributed by atoms with E-state index in [2.05, 4.69) is 57.2 Å². The zero-order valence-corrected chi connectivity index (χ0v) is 42.1. The van der Waals surface area contributed by atoms with E-state index in [1.54, 1.807) is 0 Å². The van der Waals surface area contributed by atoms with Gasteiger partial charge in [0.25, 0.3) is 0 Å². The number of carbonyl (C=O) groups excluding carboxylic acids is 3. The molecule has 0 aliphatic carbocycles. The minimum atomic E-state index is -0.777. The molecule has 0 aliphatic heterocycles. The second-order valence-electron chi connectivity index (χ2n) is 18.5. The fourth-order valence-electron chi connectivity index (χ4n) is 7.96. The van der Waals surface area contributed by atoms with Gasteiger partial charge in [0.15, 0.2) is 6.10 Å². The van der Waals surface area contributed by atoms with E-state index in [9.17, 15) is 14.4 Å². The third-order valence-corrected chi connectivity index (χ3v) is 12.1. The number of rotatable bonds is 50. The smallest absolute Gasteiger partial charge is 0.306 e. The molecule has 0 N–H and O–H groups in total. The maximum atomic E-state index is 12.8. The number of carbonyl (C=O) groups is 3. The van der Waals surface area contributed by atoms with Gasteiger partial charge < -0.3 is 14.2 Å². The summed E-state index contributed by atoms with van der Waals surface area (Å²) in [6.07, 6.45) is 61.3. The van der Waals surface area contributed by atoms with E-state index >= 15 is 0 Å². The number of ether oxygens (including phenoxy) is 3. The second-order valence-corrected chi connectivity index (χ2v) is 18.5. The van der Waals surface area contributed by atoms with Gasteiger partial charge in [0.1, 0.15) is 13.2 Å². The first kappa shape index (κ1) is 60.6. The summed E-state index contributed by atoms with van der Waals surface area (Å²) in [4.78, 5) is 38.0. The van der Waals surface area contributed by atoms with Crippen molar-refractivity contribution in [2.24, 2.45) is 0 Å². The Bertz CT molecular complexity index is 1060. The lowest BCUT2D eigenvalue weighted by Crippen LogP contribution is -2.30. The van der Waals surface area contributed by atoms with E-state index in [1.165, 1.54) is 173 Å². The molecule has 1 unspecified atom stereocenters. The second kappa shape index (κ2) is 52.3. The molecule has 6 nitrogen and oxygen atoms in total. The molecule has 1 atom stereocenters. The predicted molar refractivity (Wildman–Crippen MR) is 270 cm³/mol. The molecule has 0 aromatic carbocycles. The SMILES string of the molecule is CCCCCCCC/C=C\CCCCCCCCCC(=O)OC(COC(=O)CCCCCCC/C=C\C=C/CCCCCCCCC)COC(=O)CCCCCCCCCCCC. The molecule has 368 valence electrons. The minimum absolute atomic E-state index is 0.0761. The fourth-order valence-corrected chi connectivity index (χ4v) is 7.96. The lowest BCUT2D eigenvalue weighted by Gasteiger charge is -2.18. The number of allylic oxidation sites excluding steroid dienone is 6. The molecule has 63 heavy (non-hydrogen) atoms. The number of esters is 3. The number of hydrogen-bond donors (Lipinski definition) is 0. The molecule has 0 aromatic heterocycles. The lowest BCUT2D eigenvalue weighted by molar-refractivity contribution is -0.167. The van der Waals surface area contributed by atoms with Gasteiger partial charge in [-0.15, -0.1) is 0 Å². The summed E-state index contributed by atoms with van der Waals surface area (Å²) in [5.74, 6) is -0.885. The van der Waals surface area contributed by atoms with Crippen LogP contribution in [0.25, 0.3) is 0 Å². The quantitative estimate of drug-likeness (QED) is 0.0199. The Balaban J connectivity index is 4.34. The van der Waals surface area contributed by atoms with Crippen molar-refractivity contribution in [1.82, 2.24) is 0 Å². The topological polar surface area (TPSA) is 78.9 Å². The molecule has 0 radical (unpaired) electrons. The van der Waals surface area contributed by atoms with E-state index in [1.807, 2.05) is 0 Å². The van der Waals surface area contributed by atoms with E-state index in [-0.39, 0.29) is 31.1 Å². The molecule has 0 spiro atoms. The third-order valence-electron chi connectivity index (χ3n) is 12.1. The predicted octanol–water partition coefficient (Wildman–Crippen LogP) is 18.1. The van der Waals surface area contributed by atoms with Crippen LogP contribution in [0.15, 0.2) is 36.5 Å². The van der Waals surface area contributed by atoms with Crippen LogP contribution in [0.4, 0.5) is 0 Å². The van der Waals surface area contributed by atoms with Crippen LogP contribution in [0.3, 0.4) is 0 Å². The highest BCUT2D eigenvalue weighted by Gasteiger charge is 2.19. The average Bonchev–Trinajstić information content (AvgIpc) is 3.28. The average molecular weight is 885 g/mol. The Morgan fingerprint density at radius 3 is 0.889 bits per heavy atom. The van der Waals surface area contributed by atoms with Crippen molar-refractivity contribution < 1.29 is 28.6 Å². The van der Waals surface area contributed by atoms with Crippen LogP contribution in [0.2, 0.25) is 0 Å². The first-order valence-corrected chi connectivity index (χ1v) is 27.5. The zero-order chi connectivity index (χ0) is 45.8. The van der Waals surface area contributed by atoms with Crippen molar-refractivity contribution in [3.05, 3.63) is 36.5 Å². The van der Waals surface area contributed by atoms with Gasteiger partial charge in [0.05, 0.1) is 0 Å². The van der Waals surface area contributed by atoms with Crippen LogP contribution < -0.4 is 0 Å². The summed E-state index contributed by atoms with van der Waals surface area (Å²) in [5, 5.41) is 0. The first-order valence-electron chi connectivity index (χ1n) is 27.5. The molecule has 0 aromatic rings. The fraction of sp³-hybridized carbons (Fsp3) is 0.842. The summed E-state index contributed by atoms with van der Waals surface area (Å²) < 4.78 is 16.8. The van der Waals surface area contributed by atoms with E-state index in [0.717, 1.165) is 77.0 Å². The highest BCUT2D eigenvalue weighted by molar-refractivity contribution is 5.71. The van der Waals surface area contributed by atoms with Crippen molar-refractivity contribution in [1.29, 1.82) is 0 Å². The van der Waals surface area contributed by atoms with Gasteiger partial charge in [-0.25, -0.2) is 0 Å². The normalized spacial score (nSPS) is 12.2. The van der Waals surface area contributed by atoms with Gasteiger partial charge in [0.2, 0.25) is 0 Å². The minimum Gasteiger partial charge on any atom is -0.462 e. The van der Waals surface area contributed by atoms with Gasteiger partial charge in [-0.3, -0.25) is 14.4 Å². The highest BCUT2D eigenvalue weighted by atomic mass is 16.6. The molecule has 0 bridgehead atoms. The summed E-state index contributed by atoms with van der Waals surface area (Å²) in [6.45, 7) is 6.63. The number of unbranched alkanes of at least 4 members (excludes halogenated alkanes) is 34. The Morgan fingerprint density at radius 2 is 0.571 bits per heavy atom. The Morgan fingerprint density at radius 1 is 0.317 bits per heavy atom. The van der Waals surface area contributed by atoms with Gasteiger partial charge in [-0.05, 0) is 70.6 Å². The Labute approximate surface area is 391 Å². The summed E-state index contributed by atoms with van der Waals surface area (Å²) >= 11 is 0. The van der Waals surface area contributed by atoms with Gasteiger partial charge in [-0.2, -0.15) is 0 Å². The monoisotopic (exact) mass is 885 g/mol. The maximum absolute atomic E-state index is 12.8. The highest BCUT2D eigenvalue weighted by Crippen LogP contribution is 2.15. The molecule has 0 fully saturated rings. The summed E-state index contributed by atoms with van der Waals surface area (Å²) in [5.41, 5.74) is 0. The molecular weight excluding hydrogens is 781 g/mol. The van der Waals surface area contributed by atoms with Crippen LogP contribution in [0.1, 0.15) is 290 Å². The number of hydrogen-bond acceptors (Lipinski definition) is 6. The van der Waals surface area contributed by atoms with Gasteiger partial charge in [0, 0.05) is 19.3 Å². The Kier molecular flexibility index (Phi) is 50.3. The molecule has 0 rings (SSSR count). The largest absolute Gasteiger partial charge is 0.462 e. The van der Waals surface area contributed by atoms with Gasteiger partial charge >= 0.3 is 17.9 Å². The van der Waals surface area contributed by atoms with Crippen molar-refractivity contribution >= 4 is 17.9 Å². The maximum Gasteiger partial charge on any atom is 0.306 e. The molecule has 0 saturated carbocycles. The third kappa shape index (κ3) is 50.5. The molecule has 0 heterocycles. The van der Waals surface area contributed by atoms with Crippen LogP contribution in [0, 0.1) is 0 Å². The van der Waals surface area contributed by atoms with Crippen molar-refractivity contribution in [2.45, 2.75) is 297 Å². The van der Waals surface area contributed by atoms with Crippen molar-refractivity contribution in [3.63, 3.8) is 0 Å². The molecular formula is C57H104O6. The van der Waals surface area contributed by atoms with Crippen molar-refractivity contribution in [3.8, 4) is 0 Å². The van der Waals surface area contributed by atoms with E-state index < -0.39 is 6.10 Å². The summed E-state index contributed by atoms with van der Waals surface area (Å²) in [7, 11) is 0. The van der Waals surface area contributed by atoms with Crippen LogP contribution in [0.5, 0.6) is 0 Å². The van der Waals surface area contributed by atoms with Crippen LogP contribution in [-0.2, 0) is 28.6 Å². The molecule has 0 saturated heterocycles. The summed E-state index contributed by atoms with van der Waals surface area (Å²) in [6, 6.07) is 0. The first-order chi connectivity index (χ1) is 31.0. The molecule has 0 amide bonds. The van der Waals surface area contributed by atoms with E-state index in [0.29, 0.717) is 19.3 Å². The van der Waals surface area contributed by atoms with E-state index in [4.69, 9.17) is 14.2 Å². The van der Waals surface area contributed by atoms with Crippen molar-refractivity contribution in [2.75, 3.05) is 13.2 Å². The lowest BCUT2D eigenvalue weighted by atomic mass is 10.1. The van der Waals surface area contributed by atoms with Gasteiger partial charge in [-0.1, -0.05) is 237 Å².